The van der Waals surface area contributed by atoms with Crippen molar-refractivity contribution in [3.63, 3.8) is 0 Å². The van der Waals surface area contributed by atoms with E-state index in [4.69, 9.17) is 0 Å². The van der Waals surface area contributed by atoms with Crippen LogP contribution >= 0.6 is 0 Å². The van der Waals surface area contributed by atoms with Crippen LogP contribution in [-0.2, 0) is 9.59 Å². The maximum atomic E-state index is 15.8. The van der Waals surface area contributed by atoms with Crippen LogP contribution in [0.25, 0.3) is 11.3 Å². The summed E-state index contributed by atoms with van der Waals surface area (Å²) >= 11 is 0. The number of aromatic hydroxyl groups is 1. The van der Waals surface area contributed by atoms with Crippen molar-refractivity contribution in [3.8, 4) is 17.0 Å². The molecule has 0 aliphatic carbocycles. The van der Waals surface area contributed by atoms with Crippen LogP contribution in [0.15, 0.2) is 48.5 Å². The van der Waals surface area contributed by atoms with Crippen LogP contribution < -0.4 is 20.4 Å². The molecule has 6 aliphatic rings. The van der Waals surface area contributed by atoms with E-state index in [1.807, 2.05) is 29.2 Å². The first kappa shape index (κ1) is 36.7. The Bertz CT molecular complexity index is 2030. The molecule has 0 radical (unpaired) electrons. The third-order valence-electron chi connectivity index (χ3n) is 12.7. The summed E-state index contributed by atoms with van der Waals surface area (Å²) in [5.74, 6) is -3.78. The van der Waals surface area contributed by atoms with E-state index in [-0.39, 0.29) is 43.0 Å². The summed E-state index contributed by atoms with van der Waals surface area (Å²) < 4.78 is 31.6. The number of hydrogen-bond acceptors (Lipinski definition) is 12. The highest BCUT2D eigenvalue weighted by molar-refractivity contribution is 6.06. The number of para-hydroxylation sites is 1. The van der Waals surface area contributed by atoms with Crippen molar-refractivity contribution in [1.29, 1.82) is 0 Å². The van der Waals surface area contributed by atoms with Gasteiger partial charge in [-0.2, -0.15) is 0 Å². The fraction of sp³-hybridized carbons (Fsp3) is 0.525. The molecule has 3 unspecified atom stereocenters. The Kier molecular flexibility index (Phi) is 9.52. The standard InChI is InChI=1S/C40H47F2N9O5/c41-40(42)23-48(12-11-25(40)21-47-15-16-50-27(22-47)19-43-36-33(50)18-31(45-46-36)29-3-1-2-4-34(29)52)20-24-9-13-49(14-10-24)26-5-6-28-30(17-26)39(56)51(38(28)55)32-7-8-35(53)44-37(32)54/h1-6,17-18,24-25,27,32,38,52,55H,7-16,19-23H2,(H,43,46)(H,44,53,54)/t25?,27-,32?,38?/m0/s1. The monoisotopic (exact) mass is 771 g/mol. The number of carbonyl (C=O) groups is 3. The van der Waals surface area contributed by atoms with E-state index < -0.39 is 35.9 Å². The van der Waals surface area contributed by atoms with Gasteiger partial charge in [-0.05, 0) is 68.5 Å². The van der Waals surface area contributed by atoms with Gasteiger partial charge in [0.15, 0.2) is 12.0 Å². The molecule has 4 atom stereocenters. The molecule has 0 bridgehead atoms. The lowest BCUT2D eigenvalue weighted by Crippen LogP contribution is -2.60. The Hall–Kier alpha value is -4.93. The molecule has 4 saturated heterocycles. The molecule has 56 heavy (non-hydrogen) atoms. The Labute approximate surface area is 323 Å². The lowest BCUT2D eigenvalue weighted by molar-refractivity contribution is -0.139. The minimum Gasteiger partial charge on any atom is -0.507 e. The zero-order chi connectivity index (χ0) is 38.7. The number of carbonyl (C=O) groups excluding carboxylic acids is 3. The van der Waals surface area contributed by atoms with Gasteiger partial charge in [-0.1, -0.05) is 18.2 Å². The van der Waals surface area contributed by atoms with Gasteiger partial charge in [0.05, 0.1) is 24.0 Å². The first-order chi connectivity index (χ1) is 27.0. The molecule has 7 heterocycles. The van der Waals surface area contributed by atoms with E-state index in [0.717, 1.165) is 37.3 Å². The van der Waals surface area contributed by atoms with Crippen LogP contribution in [0.4, 0.5) is 26.0 Å². The summed E-state index contributed by atoms with van der Waals surface area (Å²) in [5, 5.41) is 35.7. The molecule has 0 saturated carbocycles. The van der Waals surface area contributed by atoms with Crippen LogP contribution in [0.3, 0.4) is 0 Å². The molecular weight excluding hydrogens is 724 g/mol. The number of aliphatic hydroxyl groups excluding tert-OH is 1. The molecular formula is C40H47F2N9O5. The molecule has 6 aliphatic heterocycles. The Balaban J connectivity index is 0.759. The fourth-order valence-corrected chi connectivity index (χ4v) is 9.64. The second-order valence-corrected chi connectivity index (χ2v) is 16.2. The predicted molar refractivity (Wildman–Crippen MR) is 203 cm³/mol. The van der Waals surface area contributed by atoms with Gasteiger partial charge < -0.3 is 25.3 Å². The van der Waals surface area contributed by atoms with Crippen LogP contribution in [0, 0.1) is 11.8 Å². The van der Waals surface area contributed by atoms with Crippen molar-refractivity contribution in [2.75, 3.05) is 80.6 Å². The van der Waals surface area contributed by atoms with E-state index in [0.29, 0.717) is 80.4 Å². The Morgan fingerprint density at radius 1 is 0.875 bits per heavy atom. The molecule has 4 N–H and O–H groups in total. The van der Waals surface area contributed by atoms with Crippen LogP contribution in [0.5, 0.6) is 5.75 Å². The molecule has 1 aromatic heterocycles. The molecule has 16 heteroatoms. The molecule has 4 fully saturated rings. The average Bonchev–Trinajstić information content (AvgIpc) is 3.43. The topological polar surface area (TPSA) is 158 Å². The molecule has 296 valence electrons. The van der Waals surface area contributed by atoms with Gasteiger partial charge in [0.25, 0.3) is 11.8 Å². The number of likely N-dealkylation sites (tertiary alicyclic amines) is 1. The van der Waals surface area contributed by atoms with E-state index in [1.165, 1.54) is 4.90 Å². The number of rotatable bonds is 7. The number of amides is 3. The first-order valence-electron chi connectivity index (χ1n) is 19.7. The van der Waals surface area contributed by atoms with Crippen molar-refractivity contribution in [2.24, 2.45) is 11.8 Å². The number of nitrogens with one attached hydrogen (secondary N) is 2. The smallest absolute Gasteiger partial charge is 0.264 e. The highest BCUT2D eigenvalue weighted by atomic mass is 19.3. The summed E-state index contributed by atoms with van der Waals surface area (Å²) in [6, 6.07) is 13.6. The highest BCUT2D eigenvalue weighted by Gasteiger charge is 2.47. The summed E-state index contributed by atoms with van der Waals surface area (Å²) in [7, 11) is 0. The van der Waals surface area contributed by atoms with E-state index in [2.05, 4.69) is 35.5 Å². The number of phenolic OH excluding ortho intramolecular Hbond substituents is 1. The number of halogens is 2. The third-order valence-corrected chi connectivity index (χ3v) is 12.7. The van der Waals surface area contributed by atoms with Crippen molar-refractivity contribution >= 4 is 34.9 Å². The number of anilines is 3. The quantitative estimate of drug-likeness (QED) is 0.261. The first-order valence-corrected chi connectivity index (χ1v) is 19.7. The van der Waals surface area contributed by atoms with Gasteiger partial charge in [-0.25, -0.2) is 8.78 Å². The van der Waals surface area contributed by atoms with E-state index in [9.17, 15) is 24.6 Å². The van der Waals surface area contributed by atoms with Crippen molar-refractivity contribution in [2.45, 2.75) is 56.3 Å². The maximum absolute atomic E-state index is 15.8. The number of phenols is 1. The van der Waals surface area contributed by atoms with Crippen molar-refractivity contribution < 1.29 is 33.4 Å². The summed E-state index contributed by atoms with van der Waals surface area (Å²) in [5.41, 5.74) is 3.75. The van der Waals surface area contributed by atoms with Crippen molar-refractivity contribution in [3.05, 3.63) is 59.7 Å². The summed E-state index contributed by atoms with van der Waals surface area (Å²) in [6.07, 6.45) is 1.13. The molecule has 3 aromatic rings. The molecule has 9 rings (SSSR count). The normalized spacial score (nSPS) is 27.1. The number of benzene rings is 2. The molecule has 14 nitrogen and oxygen atoms in total. The lowest BCUT2D eigenvalue weighted by atomic mass is 9.89. The largest absolute Gasteiger partial charge is 0.507 e. The van der Waals surface area contributed by atoms with E-state index >= 15 is 8.78 Å². The minimum absolute atomic E-state index is 0.105. The average molecular weight is 772 g/mol. The zero-order valence-corrected chi connectivity index (χ0v) is 31.1. The van der Waals surface area contributed by atoms with Crippen LogP contribution in [0.1, 0.15) is 54.3 Å². The molecule has 0 spiro atoms. The summed E-state index contributed by atoms with van der Waals surface area (Å²) in [4.78, 5) is 47.3. The fourth-order valence-electron chi connectivity index (χ4n) is 9.64. The van der Waals surface area contributed by atoms with Crippen molar-refractivity contribution in [1.82, 2.24) is 30.2 Å². The van der Waals surface area contributed by atoms with Gasteiger partial charge in [-0.15, -0.1) is 10.2 Å². The van der Waals surface area contributed by atoms with Gasteiger partial charge in [0, 0.05) is 87.1 Å². The number of fused-ring (bicyclic) bond motifs is 4. The number of hydrogen-bond donors (Lipinski definition) is 4. The third kappa shape index (κ3) is 6.81. The van der Waals surface area contributed by atoms with Gasteiger partial charge in [0.1, 0.15) is 11.8 Å². The maximum Gasteiger partial charge on any atom is 0.264 e. The number of piperidine rings is 3. The second kappa shape index (κ2) is 14.5. The number of alkyl halides is 2. The number of aromatic nitrogens is 2. The summed E-state index contributed by atoms with van der Waals surface area (Å²) in [6.45, 7) is 5.54. The second-order valence-electron chi connectivity index (χ2n) is 16.2. The number of aliphatic hydroxyl groups is 1. The van der Waals surface area contributed by atoms with Gasteiger partial charge >= 0.3 is 0 Å². The van der Waals surface area contributed by atoms with E-state index in [1.54, 1.807) is 24.3 Å². The molecule has 3 amide bonds. The predicted octanol–water partition coefficient (Wildman–Crippen LogP) is 2.89. The highest BCUT2D eigenvalue weighted by Crippen LogP contribution is 2.40. The zero-order valence-electron chi connectivity index (χ0n) is 31.1. The van der Waals surface area contributed by atoms with Gasteiger partial charge in [-0.3, -0.25) is 34.4 Å². The molecule has 2 aromatic carbocycles. The number of nitrogens with zero attached hydrogens (tertiary/aromatic N) is 7. The number of piperazine rings is 1. The van der Waals surface area contributed by atoms with Gasteiger partial charge in [0.2, 0.25) is 11.8 Å². The number of imide groups is 1. The Morgan fingerprint density at radius 3 is 2.48 bits per heavy atom. The minimum atomic E-state index is -2.79. The van der Waals surface area contributed by atoms with Crippen LogP contribution in [-0.4, -0.2) is 136 Å². The van der Waals surface area contributed by atoms with Crippen LogP contribution in [0.2, 0.25) is 0 Å². The lowest BCUT2D eigenvalue weighted by Gasteiger charge is -2.48. The Morgan fingerprint density at radius 2 is 1.70 bits per heavy atom. The SMILES string of the molecule is O=C1CCC(N2C(=O)c3cc(N4CCC(CN5CCC(CN6CCN7c8cc(-c9ccccc9O)nnc8NC[C@H]7C6)C(F)(F)C5)CC4)ccc3C2O)C(=O)N1.